The van der Waals surface area contributed by atoms with Gasteiger partial charge >= 0.3 is 0 Å². The lowest BCUT2D eigenvalue weighted by Gasteiger charge is -2.17. The molecule has 0 aliphatic rings. The second-order valence-corrected chi connectivity index (χ2v) is 8.72. The summed E-state index contributed by atoms with van der Waals surface area (Å²) in [5.41, 5.74) is 5.98. The van der Waals surface area contributed by atoms with Crippen molar-refractivity contribution in [1.82, 2.24) is 10.2 Å². The highest BCUT2D eigenvalue weighted by atomic mass is 19.1. The molecule has 5 heteroatoms. The van der Waals surface area contributed by atoms with E-state index < -0.39 is 5.95 Å². The van der Waals surface area contributed by atoms with Gasteiger partial charge < -0.3 is 4.74 Å². The molecule has 4 rings (SSSR count). The number of ether oxygens (including phenoxy) is 1. The first kappa shape index (κ1) is 25.1. The molecule has 1 N–H and O–H groups in total. The molecule has 0 amide bonds. The molecule has 0 aliphatic carbocycles. The van der Waals surface area contributed by atoms with Crippen molar-refractivity contribution >= 4 is 27.8 Å². The minimum atomic E-state index is -0.426. The van der Waals surface area contributed by atoms with Gasteiger partial charge in [0.2, 0.25) is 5.95 Å². The molecule has 0 bridgehead atoms. The monoisotopic (exact) mass is 482 g/mol. The van der Waals surface area contributed by atoms with Crippen LogP contribution >= 0.6 is 0 Å². The average Bonchev–Trinajstić information content (AvgIpc) is 3.27. The Morgan fingerprint density at radius 1 is 0.972 bits per heavy atom. The number of aromatic nitrogens is 2. The molecule has 0 atom stereocenters. The van der Waals surface area contributed by atoms with E-state index in [4.69, 9.17) is 4.74 Å². The Morgan fingerprint density at radius 3 is 2.44 bits per heavy atom. The first-order valence-corrected chi connectivity index (χ1v) is 12.4. The number of halogens is 1. The molecule has 0 radical (unpaired) electrons. The van der Waals surface area contributed by atoms with Gasteiger partial charge in [-0.05, 0) is 90.8 Å². The lowest BCUT2D eigenvalue weighted by molar-refractivity contribution is -0.112. The fourth-order valence-electron chi connectivity index (χ4n) is 4.34. The smallest absolute Gasteiger partial charge is 0.216 e. The highest BCUT2D eigenvalue weighted by Gasteiger charge is 2.15. The summed E-state index contributed by atoms with van der Waals surface area (Å²) in [6.07, 6.45) is 7.11. The number of rotatable bonds is 11. The third kappa shape index (κ3) is 6.16. The zero-order chi connectivity index (χ0) is 25.3. The number of benzene rings is 3. The fraction of sp³-hybridized carbons (Fsp3) is 0.226. The van der Waals surface area contributed by atoms with Gasteiger partial charge in [0.1, 0.15) is 5.75 Å². The first-order valence-electron chi connectivity index (χ1n) is 12.4. The van der Waals surface area contributed by atoms with Crippen LogP contribution in [0, 0.1) is 5.95 Å². The Balaban J connectivity index is 1.60. The van der Waals surface area contributed by atoms with Crippen LogP contribution in [-0.2, 0) is 4.79 Å². The molecule has 0 saturated carbocycles. The van der Waals surface area contributed by atoms with Crippen LogP contribution in [0.2, 0.25) is 0 Å². The Kier molecular flexibility index (Phi) is 8.45. The van der Waals surface area contributed by atoms with E-state index in [2.05, 4.69) is 41.4 Å². The van der Waals surface area contributed by atoms with E-state index in [1.165, 1.54) is 5.57 Å². The van der Waals surface area contributed by atoms with Gasteiger partial charge in [0, 0.05) is 0 Å². The predicted molar refractivity (Wildman–Crippen MR) is 144 cm³/mol. The van der Waals surface area contributed by atoms with Gasteiger partial charge in [-0.3, -0.25) is 9.89 Å². The van der Waals surface area contributed by atoms with Gasteiger partial charge in [-0.1, -0.05) is 61.5 Å². The van der Waals surface area contributed by atoms with Crippen LogP contribution < -0.4 is 4.74 Å². The number of fused-ring (bicyclic) bond motifs is 1. The molecule has 0 spiro atoms. The normalized spacial score (nSPS) is 12.2. The SMILES string of the molecule is CC/C(=C(/c1ccc(OCCCC/C=C/C(C)=O)cc1)c1ccc2n[nH]c(F)c2c1)c1ccccc1. The summed E-state index contributed by atoms with van der Waals surface area (Å²) in [6, 6.07) is 24.1. The van der Waals surface area contributed by atoms with Crippen molar-refractivity contribution in [3.63, 3.8) is 0 Å². The topological polar surface area (TPSA) is 55.0 Å². The second kappa shape index (κ2) is 12.1. The summed E-state index contributed by atoms with van der Waals surface area (Å²) >= 11 is 0. The minimum Gasteiger partial charge on any atom is -0.494 e. The standard InChI is InChI=1S/C31H31FN2O2/c1-3-27(23-12-8-6-9-13-23)30(25-16-19-29-28(21-25)31(32)34-33-29)24-14-17-26(18-15-24)36-20-10-5-4-7-11-22(2)35/h6-9,11-19,21H,3-5,10,20H2,1-2H3,(H,33,34)/b11-7+,30-27+. The van der Waals surface area contributed by atoms with Gasteiger partial charge in [-0.25, -0.2) is 0 Å². The molecule has 4 aromatic rings. The zero-order valence-corrected chi connectivity index (χ0v) is 20.8. The molecular weight excluding hydrogens is 451 g/mol. The third-order valence-corrected chi connectivity index (χ3v) is 6.10. The lowest BCUT2D eigenvalue weighted by Crippen LogP contribution is -1.98. The molecule has 184 valence electrons. The second-order valence-electron chi connectivity index (χ2n) is 8.72. The van der Waals surface area contributed by atoms with Crippen LogP contribution in [0.1, 0.15) is 56.2 Å². The van der Waals surface area contributed by atoms with Gasteiger partial charge in [0.05, 0.1) is 17.5 Å². The van der Waals surface area contributed by atoms with Crippen LogP contribution in [0.5, 0.6) is 5.75 Å². The van der Waals surface area contributed by atoms with Crippen molar-refractivity contribution in [3.8, 4) is 5.75 Å². The molecule has 4 nitrogen and oxygen atoms in total. The number of nitrogens with one attached hydrogen (secondary N) is 1. The fourth-order valence-corrected chi connectivity index (χ4v) is 4.34. The number of ketones is 1. The van der Waals surface area contributed by atoms with Gasteiger partial charge in [0.25, 0.3) is 0 Å². The first-order chi connectivity index (χ1) is 17.6. The maximum atomic E-state index is 14.3. The van der Waals surface area contributed by atoms with Gasteiger partial charge in [0.15, 0.2) is 5.78 Å². The number of nitrogens with zero attached hydrogens (tertiary/aromatic N) is 1. The van der Waals surface area contributed by atoms with E-state index in [0.29, 0.717) is 17.5 Å². The average molecular weight is 483 g/mol. The van der Waals surface area contributed by atoms with Gasteiger partial charge in [-0.2, -0.15) is 9.49 Å². The molecule has 3 aromatic carbocycles. The van der Waals surface area contributed by atoms with Crippen molar-refractivity contribution in [2.24, 2.45) is 0 Å². The molecule has 0 fully saturated rings. The Labute approximate surface area is 211 Å². The highest BCUT2D eigenvalue weighted by Crippen LogP contribution is 2.36. The summed E-state index contributed by atoms with van der Waals surface area (Å²) in [6.45, 7) is 4.32. The summed E-state index contributed by atoms with van der Waals surface area (Å²) in [7, 11) is 0. The van der Waals surface area contributed by atoms with Crippen molar-refractivity contribution in [1.29, 1.82) is 0 Å². The third-order valence-electron chi connectivity index (χ3n) is 6.10. The highest BCUT2D eigenvalue weighted by molar-refractivity contribution is 6.00. The Bertz CT molecular complexity index is 1370. The number of unbranched alkanes of at least 4 members (excludes halogenated alkanes) is 2. The number of allylic oxidation sites excluding steroid dienone is 3. The summed E-state index contributed by atoms with van der Waals surface area (Å²) in [4.78, 5) is 11.0. The lowest BCUT2D eigenvalue weighted by atomic mass is 9.88. The largest absolute Gasteiger partial charge is 0.494 e. The van der Waals surface area contributed by atoms with Crippen molar-refractivity contribution in [2.45, 2.75) is 39.5 Å². The number of hydrogen-bond acceptors (Lipinski definition) is 3. The van der Waals surface area contributed by atoms with Crippen LogP contribution in [0.15, 0.2) is 84.9 Å². The van der Waals surface area contributed by atoms with Crippen LogP contribution in [0.4, 0.5) is 4.39 Å². The van der Waals surface area contributed by atoms with Crippen LogP contribution in [-0.4, -0.2) is 22.6 Å². The molecule has 0 unspecified atom stereocenters. The quantitative estimate of drug-likeness (QED) is 0.135. The van der Waals surface area contributed by atoms with E-state index in [9.17, 15) is 9.18 Å². The maximum Gasteiger partial charge on any atom is 0.216 e. The summed E-state index contributed by atoms with van der Waals surface area (Å²) in [5, 5.41) is 6.95. The van der Waals surface area contributed by atoms with Crippen molar-refractivity contribution in [2.75, 3.05) is 6.61 Å². The Hall–Kier alpha value is -3.99. The molecule has 1 heterocycles. The number of carbonyl (C=O) groups excluding carboxylic acids is 1. The number of hydrogen-bond donors (Lipinski definition) is 1. The molecule has 0 saturated heterocycles. The van der Waals surface area contributed by atoms with Crippen LogP contribution in [0.3, 0.4) is 0 Å². The van der Waals surface area contributed by atoms with E-state index in [1.54, 1.807) is 13.0 Å². The molecule has 0 aliphatic heterocycles. The molecule has 36 heavy (non-hydrogen) atoms. The van der Waals surface area contributed by atoms with Crippen molar-refractivity contribution in [3.05, 3.63) is 108 Å². The van der Waals surface area contributed by atoms with E-state index >= 15 is 0 Å². The molecular formula is C31H31FN2O2. The van der Waals surface area contributed by atoms with E-state index in [1.807, 2.05) is 54.6 Å². The zero-order valence-electron chi connectivity index (χ0n) is 20.8. The summed E-state index contributed by atoms with van der Waals surface area (Å²) < 4.78 is 20.3. The van der Waals surface area contributed by atoms with Crippen molar-refractivity contribution < 1.29 is 13.9 Å². The number of carbonyl (C=O) groups is 1. The van der Waals surface area contributed by atoms with Crippen LogP contribution in [0.25, 0.3) is 22.0 Å². The predicted octanol–water partition coefficient (Wildman–Crippen LogP) is 7.77. The molecule has 1 aromatic heterocycles. The van der Waals surface area contributed by atoms with E-state index in [-0.39, 0.29) is 5.78 Å². The van der Waals surface area contributed by atoms with E-state index in [0.717, 1.165) is 53.7 Å². The maximum absolute atomic E-state index is 14.3. The Morgan fingerprint density at radius 2 is 1.72 bits per heavy atom. The van der Waals surface area contributed by atoms with Gasteiger partial charge in [-0.15, -0.1) is 0 Å². The summed E-state index contributed by atoms with van der Waals surface area (Å²) in [5.74, 6) is 0.462. The number of aromatic amines is 1. The number of H-pyrrole nitrogens is 1. The minimum absolute atomic E-state index is 0.0769.